The topological polar surface area (TPSA) is 39.6 Å². The number of nitrogens with one attached hydrogen (secondary N) is 1. The standard InChI is InChI=1S/C12H12N2/c1-2-3-11-7-10-6-9(8-13)4-5-12(10)14-11/h4-7,14H,2-3H2,1H3. The Balaban J connectivity index is 2.50. The Morgan fingerprint density at radius 2 is 2.21 bits per heavy atom. The highest BCUT2D eigenvalue weighted by atomic mass is 14.7. The monoisotopic (exact) mass is 184 g/mol. The maximum Gasteiger partial charge on any atom is 0.0991 e. The predicted molar refractivity (Wildman–Crippen MR) is 57.0 cm³/mol. The van der Waals surface area contributed by atoms with Gasteiger partial charge in [0.1, 0.15) is 0 Å². The van der Waals surface area contributed by atoms with Crippen molar-refractivity contribution in [2.75, 3.05) is 0 Å². The van der Waals surface area contributed by atoms with Crippen molar-refractivity contribution in [3.05, 3.63) is 35.5 Å². The summed E-state index contributed by atoms with van der Waals surface area (Å²) in [5.41, 5.74) is 3.09. The Labute approximate surface area is 83.2 Å². The number of hydrogen-bond acceptors (Lipinski definition) is 1. The summed E-state index contributed by atoms with van der Waals surface area (Å²) in [5, 5.41) is 9.88. The highest BCUT2D eigenvalue weighted by molar-refractivity contribution is 5.81. The van der Waals surface area contributed by atoms with E-state index in [2.05, 4.69) is 24.0 Å². The van der Waals surface area contributed by atoms with E-state index in [9.17, 15) is 0 Å². The lowest BCUT2D eigenvalue weighted by Crippen LogP contribution is -1.79. The summed E-state index contributed by atoms with van der Waals surface area (Å²) in [7, 11) is 0. The number of nitrogens with zero attached hydrogens (tertiary/aromatic N) is 1. The van der Waals surface area contributed by atoms with Gasteiger partial charge >= 0.3 is 0 Å². The highest BCUT2D eigenvalue weighted by Crippen LogP contribution is 2.17. The van der Waals surface area contributed by atoms with Crippen LogP contribution in [0.25, 0.3) is 10.9 Å². The molecule has 0 saturated heterocycles. The van der Waals surface area contributed by atoms with Gasteiger partial charge in [0.2, 0.25) is 0 Å². The van der Waals surface area contributed by atoms with Crippen molar-refractivity contribution in [2.45, 2.75) is 19.8 Å². The maximum atomic E-state index is 8.75. The van der Waals surface area contributed by atoms with E-state index in [-0.39, 0.29) is 0 Å². The molecule has 0 saturated carbocycles. The SMILES string of the molecule is CCCc1cc2cc(C#N)ccc2[nH]1. The average Bonchev–Trinajstić information content (AvgIpc) is 2.59. The molecule has 1 aromatic carbocycles. The molecule has 2 nitrogen and oxygen atoms in total. The molecule has 14 heavy (non-hydrogen) atoms. The van der Waals surface area contributed by atoms with E-state index in [1.165, 1.54) is 5.69 Å². The number of hydrogen-bond donors (Lipinski definition) is 1. The predicted octanol–water partition coefficient (Wildman–Crippen LogP) is 2.99. The summed E-state index contributed by atoms with van der Waals surface area (Å²) in [4.78, 5) is 3.34. The lowest BCUT2D eigenvalue weighted by atomic mass is 10.1. The van der Waals surface area contributed by atoms with Gasteiger partial charge in [0.15, 0.2) is 0 Å². The van der Waals surface area contributed by atoms with Crippen LogP contribution < -0.4 is 0 Å². The van der Waals surface area contributed by atoms with E-state index < -0.39 is 0 Å². The first-order valence-corrected chi connectivity index (χ1v) is 4.85. The third kappa shape index (κ3) is 1.49. The van der Waals surface area contributed by atoms with Crippen LogP contribution in [0.1, 0.15) is 24.6 Å². The molecule has 70 valence electrons. The van der Waals surface area contributed by atoms with Crippen molar-refractivity contribution in [1.82, 2.24) is 4.98 Å². The number of aryl methyl sites for hydroxylation is 1. The molecule has 1 aromatic heterocycles. The number of aromatic amines is 1. The van der Waals surface area contributed by atoms with Crippen LogP contribution in [0.3, 0.4) is 0 Å². The Bertz CT molecular complexity index is 488. The highest BCUT2D eigenvalue weighted by Gasteiger charge is 2.00. The van der Waals surface area contributed by atoms with Gasteiger partial charge in [0, 0.05) is 16.6 Å². The van der Waals surface area contributed by atoms with E-state index >= 15 is 0 Å². The second-order valence-corrected chi connectivity index (χ2v) is 3.46. The van der Waals surface area contributed by atoms with Crippen LogP contribution in [-0.2, 0) is 6.42 Å². The minimum absolute atomic E-state index is 0.722. The van der Waals surface area contributed by atoms with Crippen LogP contribution in [0.15, 0.2) is 24.3 Å². The van der Waals surface area contributed by atoms with Crippen LogP contribution in [-0.4, -0.2) is 4.98 Å². The van der Waals surface area contributed by atoms with Gasteiger partial charge in [0.05, 0.1) is 11.6 Å². The van der Waals surface area contributed by atoms with Crippen molar-refractivity contribution >= 4 is 10.9 Å². The van der Waals surface area contributed by atoms with Crippen LogP contribution in [0.2, 0.25) is 0 Å². The normalized spacial score (nSPS) is 10.3. The summed E-state index contributed by atoms with van der Waals surface area (Å²) in [5.74, 6) is 0. The number of benzene rings is 1. The number of H-pyrrole nitrogens is 1. The van der Waals surface area contributed by atoms with Crippen molar-refractivity contribution in [1.29, 1.82) is 5.26 Å². The van der Waals surface area contributed by atoms with Crippen molar-refractivity contribution in [3.63, 3.8) is 0 Å². The molecule has 2 heteroatoms. The molecule has 0 amide bonds. The lowest BCUT2D eigenvalue weighted by Gasteiger charge is -1.89. The zero-order valence-corrected chi connectivity index (χ0v) is 8.17. The second kappa shape index (κ2) is 3.55. The molecule has 0 fully saturated rings. The number of rotatable bonds is 2. The Hall–Kier alpha value is -1.75. The second-order valence-electron chi connectivity index (χ2n) is 3.46. The molecule has 0 aliphatic rings. The van der Waals surface area contributed by atoms with Gasteiger partial charge in [-0.15, -0.1) is 0 Å². The summed E-state index contributed by atoms with van der Waals surface area (Å²) < 4.78 is 0. The maximum absolute atomic E-state index is 8.75. The van der Waals surface area contributed by atoms with E-state index in [0.717, 1.165) is 29.3 Å². The van der Waals surface area contributed by atoms with Crippen LogP contribution in [0.5, 0.6) is 0 Å². The van der Waals surface area contributed by atoms with Crippen LogP contribution >= 0.6 is 0 Å². The first-order valence-electron chi connectivity index (χ1n) is 4.85. The first-order chi connectivity index (χ1) is 6.83. The molecule has 0 atom stereocenters. The van der Waals surface area contributed by atoms with Crippen molar-refractivity contribution in [2.24, 2.45) is 0 Å². The molecule has 2 rings (SSSR count). The average molecular weight is 184 g/mol. The summed E-state index contributed by atoms with van der Waals surface area (Å²) in [6.07, 6.45) is 2.20. The lowest BCUT2D eigenvalue weighted by molar-refractivity contribution is 0.896. The van der Waals surface area contributed by atoms with Crippen LogP contribution in [0, 0.1) is 11.3 Å². The van der Waals surface area contributed by atoms with E-state index in [4.69, 9.17) is 5.26 Å². The molecule has 2 aromatic rings. The quantitative estimate of drug-likeness (QED) is 0.765. The molecule has 0 aliphatic heterocycles. The fourth-order valence-corrected chi connectivity index (χ4v) is 1.67. The van der Waals surface area contributed by atoms with Crippen molar-refractivity contribution < 1.29 is 0 Å². The van der Waals surface area contributed by atoms with E-state index in [1.54, 1.807) is 0 Å². The van der Waals surface area contributed by atoms with E-state index in [1.807, 2.05) is 18.2 Å². The van der Waals surface area contributed by atoms with Gasteiger partial charge in [-0.05, 0) is 30.7 Å². The molecule has 0 radical (unpaired) electrons. The molecular formula is C12H12N2. The largest absolute Gasteiger partial charge is 0.358 e. The first kappa shape index (κ1) is 8.83. The van der Waals surface area contributed by atoms with Gasteiger partial charge in [-0.1, -0.05) is 13.3 Å². The molecule has 0 bridgehead atoms. The fraction of sp³-hybridized carbons (Fsp3) is 0.250. The minimum Gasteiger partial charge on any atom is -0.358 e. The zero-order chi connectivity index (χ0) is 9.97. The fourth-order valence-electron chi connectivity index (χ4n) is 1.67. The van der Waals surface area contributed by atoms with E-state index in [0.29, 0.717) is 0 Å². The van der Waals surface area contributed by atoms with Gasteiger partial charge in [-0.2, -0.15) is 5.26 Å². The third-order valence-corrected chi connectivity index (χ3v) is 2.32. The molecular weight excluding hydrogens is 172 g/mol. The molecule has 1 heterocycles. The summed E-state index contributed by atoms with van der Waals surface area (Å²) >= 11 is 0. The number of fused-ring (bicyclic) bond motifs is 1. The van der Waals surface area contributed by atoms with Gasteiger partial charge < -0.3 is 4.98 Å². The zero-order valence-electron chi connectivity index (χ0n) is 8.17. The molecule has 1 N–H and O–H groups in total. The molecule has 0 unspecified atom stereocenters. The Kier molecular flexibility index (Phi) is 2.24. The number of aromatic nitrogens is 1. The van der Waals surface area contributed by atoms with Crippen LogP contribution in [0.4, 0.5) is 0 Å². The summed E-state index contributed by atoms with van der Waals surface area (Å²) in [6, 6.07) is 10.00. The Morgan fingerprint density at radius 1 is 1.36 bits per heavy atom. The third-order valence-electron chi connectivity index (χ3n) is 2.32. The smallest absolute Gasteiger partial charge is 0.0991 e. The van der Waals surface area contributed by atoms with Crippen molar-refractivity contribution in [3.8, 4) is 6.07 Å². The Morgan fingerprint density at radius 3 is 2.93 bits per heavy atom. The van der Waals surface area contributed by atoms with Gasteiger partial charge in [-0.3, -0.25) is 0 Å². The minimum atomic E-state index is 0.722. The van der Waals surface area contributed by atoms with Gasteiger partial charge in [0.25, 0.3) is 0 Å². The summed E-state index contributed by atoms with van der Waals surface area (Å²) in [6.45, 7) is 2.16. The molecule has 0 aliphatic carbocycles. The molecule has 0 spiro atoms. The number of nitriles is 1. The van der Waals surface area contributed by atoms with Gasteiger partial charge in [-0.25, -0.2) is 0 Å².